The highest BCUT2D eigenvalue weighted by Crippen LogP contribution is 2.25. The van der Waals surface area contributed by atoms with Crippen molar-refractivity contribution in [2.24, 2.45) is 19.8 Å². The van der Waals surface area contributed by atoms with E-state index in [-0.39, 0.29) is 6.04 Å². The van der Waals surface area contributed by atoms with Crippen LogP contribution in [-0.4, -0.2) is 19.6 Å². The number of aromatic nitrogens is 4. The smallest absolute Gasteiger partial charge is 0.0908 e. The van der Waals surface area contributed by atoms with E-state index in [9.17, 15) is 0 Å². The molecule has 1 unspecified atom stereocenters. The van der Waals surface area contributed by atoms with E-state index in [4.69, 9.17) is 17.3 Å². The third-order valence-electron chi connectivity index (χ3n) is 2.59. The third kappa shape index (κ3) is 1.72. The number of rotatable bonds is 2. The molecule has 6 heteroatoms. The van der Waals surface area contributed by atoms with Gasteiger partial charge in [-0.05, 0) is 13.0 Å². The molecule has 2 aromatic heterocycles. The summed E-state index contributed by atoms with van der Waals surface area (Å²) in [5, 5.41) is 8.92. The second kappa shape index (κ2) is 3.92. The van der Waals surface area contributed by atoms with Crippen molar-refractivity contribution in [3.8, 4) is 0 Å². The van der Waals surface area contributed by atoms with Gasteiger partial charge in [-0.25, -0.2) is 0 Å². The van der Waals surface area contributed by atoms with Crippen LogP contribution in [0.15, 0.2) is 12.3 Å². The Kier molecular flexibility index (Phi) is 2.73. The van der Waals surface area contributed by atoms with Crippen LogP contribution < -0.4 is 5.73 Å². The van der Waals surface area contributed by atoms with Gasteiger partial charge in [-0.2, -0.15) is 10.2 Å². The molecule has 0 spiro atoms. The Morgan fingerprint density at radius 3 is 2.50 bits per heavy atom. The van der Waals surface area contributed by atoms with Gasteiger partial charge in [-0.15, -0.1) is 0 Å². The van der Waals surface area contributed by atoms with Crippen molar-refractivity contribution in [2.75, 3.05) is 0 Å². The average Bonchev–Trinajstić information content (AvgIpc) is 2.70. The normalized spacial score (nSPS) is 13.1. The highest BCUT2D eigenvalue weighted by molar-refractivity contribution is 6.31. The number of nitrogens with two attached hydrogens (primary N) is 1. The molecule has 0 aliphatic carbocycles. The lowest BCUT2D eigenvalue weighted by Gasteiger charge is -2.12. The zero-order chi connectivity index (χ0) is 11.9. The average molecular weight is 240 g/mol. The number of hydrogen-bond donors (Lipinski definition) is 1. The Morgan fingerprint density at radius 2 is 2.06 bits per heavy atom. The summed E-state index contributed by atoms with van der Waals surface area (Å²) in [4.78, 5) is 0. The van der Waals surface area contributed by atoms with E-state index in [0.29, 0.717) is 5.02 Å². The molecule has 5 nitrogen and oxygen atoms in total. The van der Waals surface area contributed by atoms with E-state index in [2.05, 4.69) is 10.2 Å². The lowest BCUT2D eigenvalue weighted by atomic mass is 10.1. The first-order valence-electron chi connectivity index (χ1n) is 4.94. The van der Waals surface area contributed by atoms with Gasteiger partial charge >= 0.3 is 0 Å². The van der Waals surface area contributed by atoms with Crippen molar-refractivity contribution in [2.45, 2.75) is 13.0 Å². The summed E-state index contributed by atoms with van der Waals surface area (Å²) in [6.07, 6.45) is 1.60. The predicted octanol–water partition coefficient (Wildman–Crippen LogP) is 1.16. The predicted molar refractivity (Wildman–Crippen MR) is 62.2 cm³/mol. The molecule has 2 N–H and O–H groups in total. The van der Waals surface area contributed by atoms with Crippen LogP contribution in [0.4, 0.5) is 0 Å². The monoisotopic (exact) mass is 239 g/mol. The topological polar surface area (TPSA) is 61.7 Å². The molecule has 2 heterocycles. The first-order chi connectivity index (χ1) is 7.50. The van der Waals surface area contributed by atoms with Crippen LogP contribution in [0.1, 0.15) is 23.1 Å². The van der Waals surface area contributed by atoms with Crippen LogP contribution in [-0.2, 0) is 14.1 Å². The van der Waals surface area contributed by atoms with Crippen molar-refractivity contribution in [3.63, 3.8) is 0 Å². The van der Waals surface area contributed by atoms with Crippen LogP contribution >= 0.6 is 11.6 Å². The third-order valence-corrected chi connectivity index (χ3v) is 2.88. The zero-order valence-electron chi connectivity index (χ0n) is 9.48. The van der Waals surface area contributed by atoms with Crippen molar-refractivity contribution in [3.05, 3.63) is 34.4 Å². The van der Waals surface area contributed by atoms with Gasteiger partial charge in [-0.1, -0.05) is 11.6 Å². The van der Waals surface area contributed by atoms with Crippen LogP contribution in [0.2, 0.25) is 5.02 Å². The molecule has 0 amide bonds. The molecule has 2 rings (SSSR count). The van der Waals surface area contributed by atoms with Gasteiger partial charge in [-0.3, -0.25) is 9.36 Å². The van der Waals surface area contributed by atoms with Crippen LogP contribution in [0.25, 0.3) is 0 Å². The summed E-state index contributed by atoms with van der Waals surface area (Å²) in [5.41, 5.74) is 8.82. The summed E-state index contributed by atoms with van der Waals surface area (Å²) in [7, 11) is 3.69. The fourth-order valence-electron chi connectivity index (χ4n) is 1.83. The van der Waals surface area contributed by atoms with Gasteiger partial charge in [0.15, 0.2) is 0 Å². The standard InChI is InChI=1S/C10H14ClN5/c1-6-4-8(15(2)14-6)9(12)10-7(11)5-13-16(10)3/h4-5,9H,12H2,1-3H3. The minimum atomic E-state index is -0.314. The number of halogens is 1. The fraction of sp³-hybridized carbons (Fsp3) is 0.400. The van der Waals surface area contributed by atoms with Gasteiger partial charge in [0.1, 0.15) is 0 Å². The highest BCUT2D eigenvalue weighted by atomic mass is 35.5. The molecule has 0 bridgehead atoms. The van der Waals surface area contributed by atoms with Crippen molar-refractivity contribution in [1.29, 1.82) is 0 Å². The lowest BCUT2D eigenvalue weighted by Crippen LogP contribution is -2.19. The Hall–Kier alpha value is -1.33. The van der Waals surface area contributed by atoms with Crippen molar-refractivity contribution < 1.29 is 0 Å². The van der Waals surface area contributed by atoms with E-state index >= 15 is 0 Å². The van der Waals surface area contributed by atoms with Crippen LogP contribution in [0, 0.1) is 6.92 Å². The lowest BCUT2D eigenvalue weighted by molar-refractivity contribution is 0.620. The number of hydrogen-bond acceptors (Lipinski definition) is 3. The van der Waals surface area contributed by atoms with Gasteiger partial charge in [0.2, 0.25) is 0 Å². The maximum Gasteiger partial charge on any atom is 0.0908 e. The first kappa shape index (κ1) is 11.2. The second-order valence-electron chi connectivity index (χ2n) is 3.81. The molecule has 0 aromatic carbocycles. The van der Waals surface area contributed by atoms with E-state index in [1.54, 1.807) is 15.6 Å². The molecule has 0 fully saturated rings. The number of aryl methyl sites for hydroxylation is 3. The van der Waals surface area contributed by atoms with Crippen molar-refractivity contribution >= 4 is 11.6 Å². The largest absolute Gasteiger partial charge is 0.318 e. The van der Waals surface area contributed by atoms with Crippen LogP contribution in [0.5, 0.6) is 0 Å². The van der Waals surface area contributed by atoms with Gasteiger partial charge < -0.3 is 5.73 Å². The van der Waals surface area contributed by atoms with E-state index in [0.717, 1.165) is 17.1 Å². The fourth-order valence-corrected chi connectivity index (χ4v) is 2.12. The van der Waals surface area contributed by atoms with E-state index < -0.39 is 0 Å². The molecule has 16 heavy (non-hydrogen) atoms. The van der Waals surface area contributed by atoms with Crippen LogP contribution in [0.3, 0.4) is 0 Å². The molecule has 1 atom stereocenters. The van der Waals surface area contributed by atoms with Crippen molar-refractivity contribution in [1.82, 2.24) is 19.6 Å². The Morgan fingerprint density at radius 1 is 1.38 bits per heavy atom. The SMILES string of the molecule is Cc1cc(C(N)c2c(Cl)cnn2C)n(C)n1. The van der Waals surface area contributed by atoms with Gasteiger partial charge in [0, 0.05) is 14.1 Å². The summed E-state index contributed by atoms with van der Waals surface area (Å²) in [5.74, 6) is 0. The molecule has 2 aromatic rings. The molecule has 0 aliphatic heterocycles. The van der Waals surface area contributed by atoms with E-state index in [1.165, 1.54) is 0 Å². The number of nitrogens with zero attached hydrogens (tertiary/aromatic N) is 4. The molecule has 0 radical (unpaired) electrons. The first-order valence-corrected chi connectivity index (χ1v) is 5.32. The van der Waals surface area contributed by atoms with E-state index in [1.807, 2.05) is 27.1 Å². The Labute approximate surface area is 98.8 Å². The highest BCUT2D eigenvalue weighted by Gasteiger charge is 2.20. The van der Waals surface area contributed by atoms with Gasteiger partial charge in [0.05, 0.1) is 34.3 Å². The summed E-state index contributed by atoms with van der Waals surface area (Å²) in [6, 6.07) is 1.64. The Balaban J connectivity index is 2.46. The molecular formula is C10H14ClN5. The molecule has 0 saturated heterocycles. The Bertz CT molecular complexity index is 494. The summed E-state index contributed by atoms with van der Waals surface area (Å²) in [6.45, 7) is 1.93. The molecule has 0 aliphatic rings. The molecular weight excluding hydrogens is 226 g/mol. The molecule has 0 saturated carbocycles. The summed E-state index contributed by atoms with van der Waals surface area (Å²) < 4.78 is 3.46. The molecule has 86 valence electrons. The second-order valence-corrected chi connectivity index (χ2v) is 4.22. The maximum atomic E-state index is 6.17. The maximum absolute atomic E-state index is 6.17. The summed E-state index contributed by atoms with van der Waals surface area (Å²) >= 11 is 6.06. The minimum absolute atomic E-state index is 0.314. The quantitative estimate of drug-likeness (QED) is 0.856. The van der Waals surface area contributed by atoms with Gasteiger partial charge in [0.25, 0.3) is 0 Å². The minimum Gasteiger partial charge on any atom is -0.318 e. The zero-order valence-corrected chi connectivity index (χ0v) is 10.2.